The summed E-state index contributed by atoms with van der Waals surface area (Å²) in [6.45, 7) is 3.96. The van der Waals surface area contributed by atoms with Gasteiger partial charge in [-0.05, 0) is 25.5 Å². The first-order valence-corrected chi connectivity index (χ1v) is 11.2. The van der Waals surface area contributed by atoms with E-state index in [0.717, 1.165) is 43.2 Å². The second kappa shape index (κ2) is 9.36. The fourth-order valence-electron chi connectivity index (χ4n) is 3.77. The van der Waals surface area contributed by atoms with Crippen LogP contribution in [-0.2, 0) is 27.2 Å². The van der Waals surface area contributed by atoms with Crippen LogP contribution in [-0.4, -0.2) is 35.0 Å². The second-order valence-electron chi connectivity index (χ2n) is 7.75. The number of aromatic amines is 1. The van der Waals surface area contributed by atoms with Crippen molar-refractivity contribution >= 4 is 34.1 Å². The summed E-state index contributed by atoms with van der Waals surface area (Å²) in [5, 5.41) is 4.79. The van der Waals surface area contributed by atoms with Crippen molar-refractivity contribution in [1.82, 2.24) is 15.3 Å². The van der Waals surface area contributed by atoms with Gasteiger partial charge in [-0.25, -0.2) is 9.78 Å². The number of thiazole rings is 1. The van der Waals surface area contributed by atoms with E-state index >= 15 is 0 Å². The van der Waals surface area contributed by atoms with Gasteiger partial charge in [0.1, 0.15) is 6.04 Å². The van der Waals surface area contributed by atoms with Crippen molar-refractivity contribution in [2.75, 3.05) is 7.11 Å². The molecule has 1 amide bonds. The molecule has 2 heterocycles. The molecule has 0 unspecified atom stereocenters. The monoisotopic (exact) mass is 447 g/mol. The van der Waals surface area contributed by atoms with Gasteiger partial charge in [0.25, 0.3) is 0 Å². The van der Waals surface area contributed by atoms with E-state index in [9.17, 15) is 9.59 Å². The zero-order valence-corrected chi connectivity index (χ0v) is 19.1. The number of hydrogen-bond donors (Lipinski definition) is 2. The molecule has 164 valence electrons. The van der Waals surface area contributed by atoms with Crippen molar-refractivity contribution in [3.8, 4) is 11.3 Å². The molecule has 0 saturated heterocycles. The number of para-hydroxylation sites is 1. The Balaban J connectivity index is 1.52. The van der Waals surface area contributed by atoms with Gasteiger partial charge in [-0.1, -0.05) is 48.0 Å². The number of carbonyl (C=O) groups is 2. The Labute approximate surface area is 190 Å². The van der Waals surface area contributed by atoms with Crippen LogP contribution in [0.5, 0.6) is 0 Å². The lowest BCUT2D eigenvalue weighted by atomic mass is 10.0. The number of hydrogen-bond acceptors (Lipinski definition) is 5. The summed E-state index contributed by atoms with van der Waals surface area (Å²) in [7, 11) is 1.33. The lowest BCUT2D eigenvalue weighted by molar-refractivity contribution is -0.145. The maximum atomic E-state index is 12.9. The highest BCUT2D eigenvalue weighted by molar-refractivity contribution is 7.12. The van der Waals surface area contributed by atoms with Crippen LogP contribution in [0.3, 0.4) is 0 Å². The Morgan fingerprint density at radius 2 is 1.88 bits per heavy atom. The SMILES string of the molecule is COC(=O)[C@H](Cc1c[nH]c2ccccc12)NC(=O)Cc1sc(C)nc1-c1ccc(C)cc1. The van der Waals surface area contributed by atoms with Gasteiger partial charge in [0.05, 0.1) is 24.2 Å². The van der Waals surface area contributed by atoms with E-state index < -0.39 is 12.0 Å². The maximum absolute atomic E-state index is 12.9. The molecule has 0 saturated carbocycles. The number of aryl methyl sites for hydroxylation is 2. The molecule has 0 spiro atoms. The highest BCUT2D eigenvalue weighted by Gasteiger charge is 2.24. The summed E-state index contributed by atoms with van der Waals surface area (Å²) in [5.74, 6) is -0.708. The minimum Gasteiger partial charge on any atom is -0.467 e. The van der Waals surface area contributed by atoms with Crippen LogP contribution >= 0.6 is 11.3 Å². The van der Waals surface area contributed by atoms with E-state index in [1.165, 1.54) is 18.4 Å². The topological polar surface area (TPSA) is 84.1 Å². The highest BCUT2D eigenvalue weighted by Crippen LogP contribution is 2.29. The summed E-state index contributed by atoms with van der Waals surface area (Å²) >= 11 is 1.50. The molecule has 7 heteroatoms. The fourth-order valence-corrected chi connectivity index (χ4v) is 4.73. The largest absolute Gasteiger partial charge is 0.467 e. The number of carbonyl (C=O) groups excluding carboxylic acids is 2. The van der Waals surface area contributed by atoms with Gasteiger partial charge in [0, 0.05) is 34.0 Å². The Hall–Kier alpha value is -3.45. The molecule has 1 atom stereocenters. The third kappa shape index (κ3) is 4.73. The second-order valence-corrected chi connectivity index (χ2v) is 9.04. The van der Waals surface area contributed by atoms with Crippen LogP contribution < -0.4 is 5.32 Å². The number of nitrogens with one attached hydrogen (secondary N) is 2. The molecule has 0 radical (unpaired) electrons. The van der Waals surface area contributed by atoms with Crippen molar-refractivity contribution in [3.05, 3.63) is 75.7 Å². The number of H-pyrrole nitrogens is 1. The molecule has 0 bridgehead atoms. The zero-order chi connectivity index (χ0) is 22.7. The quantitative estimate of drug-likeness (QED) is 0.413. The van der Waals surface area contributed by atoms with Gasteiger partial charge in [-0.3, -0.25) is 4.79 Å². The van der Waals surface area contributed by atoms with Gasteiger partial charge < -0.3 is 15.0 Å². The van der Waals surface area contributed by atoms with E-state index in [4.69, 9.17) is 4.74 Å². The summed E-state index contributed by atoms with van der Waals surface area (Å²) in [5.41, 5.74) is 4.89. The van der Waals surface area contributed by atoms with Crippen LogP contribution in [0, 0.1) is 13.8 Å². The number of ether oxygens (including phenoxy) is 1. The summed E-state index contributed by atoms with van der Waals surface area (Å²) in [6, 6.07) is 15.2. The molecule has 6 nitrogen and oxygen atoms in total. The van der Waals surface area contributed by atoms with Crippen LogP contribution in [0.1, 0.15) is 21.0 Å². The predicted molar refractivity (Wildman–Crippen MR) is 127 cm³/mol. The average Bonchev–Trinajstić information content (AvgIpc) is 3.36. The van der Waals surface area contributed by atoms with Gasteiger partial charge in [-0.15, -0.1) is 11.3 Å². The normalized spacial score (nSPS) is 12.0. The molecule has 0 aliphatic carbocycles. The third-order valence-corrected chi connectivity index (χ3v) is 6.34. The van der Waals surface area contributed by atoms with E-state index in [2.05, 4.69) is 15.3 Å². The molecule has 0 fully saturated rings. The first-order chi connectivity index (χ1) is 15.4. The van der Waals surface area contributed by atoms with Gasteiger partial charge in [-0.2, -0.15) is 0 Å². The van der Waals surface area contributed by atoms with E-state index in [1.54, 1.807) is 0 Å². The molecule has 2 aromatic carbocycles. The number of rotatable bonds is 7. The number of nitrogens with zero attached hydrogens (tertiary/aromatic N) is 1. The molecule has 0 aliphatic rings. The van der Waals surface area contributed by atoms with E-state index in [-0.39, 0.29) is 12.3 Å². The predicted octanol–water partition coefficient (Wildman–Crippen LogP) is 4.35. The third-order valence-electron chi connectivity index (χ3n) is 5.37. The number of amides is 1. The zero-order valence-electron chi connectivity index (χ0n) is 18.3. The first-order valence-electron chi connectivity index (χ1n) is 10.4. The lowest BCUT2D eigenvalue weighted by Crippen LogP contribution is -2.43. The lowest BCUT2D eigenvalue weighted by Gasteiger charge is -2.16. The minimum atomic E-state index is -0.774. The number of aromatic nitrogens is 2. The van der Waals surface area contributed by atoms with E-state index in [1.807, 2.05) is 68.6 Å². The van der Waals surface area contributed by atoms with Gasteiger partial charge >= 0.3 is 5.97 Å². The summed E-state index contributed by atoms with van der Waals surface area (Å²) in [4.78, 5) is 34.1. The Morgan fingerprint density at radius 1 is 1.12 bits per heavy atom. The fraction of sp³-hybridized carbons (Fsp3) is 0.240. The molecule has 0 aliphatic heterocycles. The van der Waals surface area contributed by atoms with Crippen LogP contribution in [0.25, 0.3) is 22.2 Å². The minimum absolute atomic E-state index is 0.149. The van der Waals surface area contributed by atoms with Crippen LogP contribution in [0.4, 0.5) is 0 Å². The molecule has 4 aromatic rings. The highest BCUT2D eigenvalue weighted by atomic mass is 32.1. The Morgan fingerprint density at radius 3 is 2.62 bits per heavy atom. The smallest absolute Gasteiger partial charge is 0.328 e. The number of benzene rings is 2. The number of fused-ring (bicyclic) bond motifs is 1. The number of esters is 1. The van der Waals surface area contributed by atoms with Crippen molar-refractivity contribution in [3.63, 3.8) is 0 Å². The molecule has 4 rings (SSSR count). The van der Waals surface area contributed by atoms with Crippen molar-refractivity contribution < 1.29 is 14.3 Å². The summed E-state index contributed by atoms with van der Waals surface area (Å²) < 4.78 is 4.96. The Bertz CT molecular complexity index is 1260. The Kier molecular flexibility index (Phi) is 6.37. The summed E-state index contributed by atoms with van der Waals surface area (Å²) in [6.07, 6.45) is 2.36. The van der Waals surface area contributed by atoms with Gasteiger partial charge in [0.15, 0.2) is 0 Å². The van der Waals surface area contributed by atoms with E-state index in [0.29, 0.717) is 6.42 Å². The van der Waals surface area contributed by atoms with Gasteiger partial charge in [0.2, 0.25) is 5.91 Å². The molecule has 2 aromatic heterocycles. The van der Waals surface area contributed by atoms with Crippen molar-refractivity contribution in [2.24, 2.45) is 0 Å². The van der Waals surface area contributed by atoms with Crippen LogP contribution in [0.2, 0.25) is 0 Å². The molecular weight excluding hydrogens is 422 g/mol. The standard InChI is InChI=1S/C25H25N3O3S/c1-15-8-10-17(11-9-15)24-22(32-16(2)27-24)13-23(29)28-21(25(30)31-3)12-18-14-26-20-7-5-4-6-19(18)20/h4-11,14,21,26H,12-13H2,1-3H3,(H,28,29)/t21-/m0/s1. The van der Waals surface area contributed by atoms with Crippen molar-refractivity contribution in [1.29, 1.82) is 0 Å². The number of methoxy groups -OCH3 is 1. The molecule has 2 N–H and O–H groups in total. The van der Waals surface area contributed by atoms with Crippen LogP contribution in [0.15, 0.2) is 54.7 Å². The van der Waals surface area contributed by atoms with Crippen molar-refractivity contribution in [2.45, 2.75) is 32.7 Å². The molecular formula is C25H25N3O3S. The molecule has 32 heavy (non-hydrogen) atoms. The maximum Gasteiger partial charge on any atom is 0.328 e. The average molecular weight is 448 g/mol. The first kappa shape index (κ1) is 21.8.